The predicted molar refractivity (Wildman–Crippen MR) is 81.7 cm³/mol. The minimum Gasteiger partial charge on any atom is -0.463 e. The highest BCUT2D eigenvalue weighted by Crippen LogP contribution is 2.29. The molecule has 1 aliphatic rings. The molecule has 1 saturated heterocycles. The van der Waals surface area contributed by atoms with Gasteiger partial charge in [0, 0.05) is 6.54 Å². The van der Waals surface area contributed by atoms with Gasteiger partial charge in [0.15, 0.2) is 0 Å². The molecule has 21 heavy (non-hydrogen) atoms. The second-order valence-electron chi connectivity index (χ2n) is 4.67. The van der Waals surface area contributed by atoms with Gasteiger partial charge in [0.25, 0.3) is 0 Å². The summed E-state index contributed by atoms with van der Waals surface area (Å²) in [5.74, 6) is -0.670. The van der Waals surface area contributed by atoms with Crippen LogP contribution >= 0.6 is 23.2 Å². The zero-order valence-corrected chi connectivity index (χ0v) is 13.1. The molecule has 1 aliphatic heterocycles. The van der Waals surface area contributed by atoms with Gasteiger partial charge < -0.3 is 10.1 Å². The van der Waals surface area contributed by atoms with Crippen molar-refractivity contribution in [3.63, 3.8) is 0 Å². The maximum atomic E-state index is 12.1. The monoisotopic (exact) mass is 330 g/mol. The van der Waals surface area contributed by atoms with E-state index in [-0.39, 0.29) is 23.3 Å². The number of rotatable bonds is 4. The van der Waals surface area contributed by atoms with Crippen molar-refractivity contribution in [2.75, 3.05) is 25.0 Å². The van der Waals surface area contributed by atoms with Gasteiger partial charge in [0.1, 0.15) is 12.6 Å². The highest BCUT2D eigenvalue weighted by Gasteiger charge is 2.32. The van der Waals surface area contributed by atoms with Crippen molar-refractivity contribution in [1.82, 2.24) is 4.90 Å². The number of morpholine rings is 1. The summed E-state index contributed by atoms with van der Waals surface area (Å²) in [6.45, 7) is 3.63. The minimum atomic E-state index is -0.554. The van der Waals surface area contributed by atoms with Crippen molar-refractivity contribution in [3.8, 4) is 0 Å². The van der Waals surface area contributed by atoms with E-state index in [0.29, 0.717) is 30.4 Å². The maximum absolute atomic E-state index is 12.1. The van der Waals surface area contributed by atoms with Gasteiger partial charge in [-0.25, -0.2) is 0 Å². The highest BCUT2D eigenvalue weighted by atomic mass is 35.5. The molecule has 1 aromatic carbocycles. The Balaban J connectivity index is 2.03. The van der Waals surface area contributed by atoms with E-state index in [1.54, 1.807) is 18.2 Å². The molecule has 1 amide bonds. The molecule has 2 rings (SSSR count). The lowest BCUT2D eigenvalue weighted by atomic mass is 10.1. The van der Waals surface area contributed by atoms with E-state index in [2.05, 4.69) is 5.32 Å². The molecule has 0 bridgehead atoms. The molecule has 0 spiro atoms. The second-order valence-corrected chi connectivity index (χ2v) is 5.45. The van der Waals surface area contributed by atoms with Crippen LogP contribution < -0.4 is 5.32 Å². The summed E-state index contributed by atoms with van der Waals surface area (Å²) >= 11 is 11.9. The summed E-state index contributed by atoms with van der Waals surface area (Å²) in [6, 6.07) is 4.43. The van der Waals surface area contributed by atoms with Crippen LogP contribution in [0.1, 0.15) is 13.3 Å². The standard InChI is InChI=1S/C14H16Cl2N2O3/c1-2-18-6-7-21-14(20)11(18)8-12(19)17-10-5-3-4-9(15)13(10)16/h3-5,11H,2,6-8H2,1H3,(H,17,19)/t11-/m1/s1. The molecular weight excluding hydrogens is 315 g/mol. The minimum absolute atomic E-state index is 0.0233. The fourth-order valence-electron chi connectivity index (χ4n) is 2.23. The van der Waals surface area contributed by atoms with Crippen LogP contribution in [0, 0.1) is 0 Å². The molecule has 0 aromatic heterocycles. The molecule has 5 nitrogen and oxygen atoms in total. The molecule has 0 radical (unpaired) electrons. The molecule has 0 aliphatic carbocycles. The summed E-state index contributed by atoms with van der Waals surface area (Å²) in [5.41, 5.74) is 0.432. The number of carbonyl (C=O) groups excluding carboxylic acids is 2. The van der Waals surface area contributed by atoms with Crippen molar-refractivity contribution in [3.05, 3.63) is 28.2 Å². The quantitative estimate of drug-likeness (QED) is 0.862. The Bertz CT molecular complexity index is 551. The van der Waals surface area contributed by atoms with Gasteiger partial charge in [-0.15, -0.1) is 0 Å². The number of nitrogens with one attached hydrogen (secondary N) is 1. The fourth-order valence-corrected chi connectivity index (χ4v) is 2.58. The second kappa shape index (κ2) is 7.11. The van der Waals surface area contributed by atoms with Crippen LogP contribution in [0.4, 0.5) is 5.69 Å². The molecule has 1 N–H and O–H groups in total. The van der Waals surface area contributed by atoms with Crippen LogP contribution in [0.2, 0.25) is 10.0 Å². The van der Waals surface area contributed by atoms with Crippen molar-refractivity contribution in [1.29, 1.82) is 0 Å². The number of ether oxygens (including phenoxy) is 1. The normalized spacial score (nSPS) is 19.2. The molecule has 1 atom stereocenters. The lowest BCUT2D eigenvalue weighted by molar-refractivity contribution is -0.158. The van der Waals surface area contributed by atoms with Crippen LogP contribution in [0.3, 0.4) is 0 Å². The number of nitrogens with zero attached hydrogens (tertiary/aromatic N) is 1. The number of benzene rings is 1. The summed E-state index contributed by atoms with van der Waals surface area (Å²) in [4.78, 5) is 25.8. The lowest BCUT2D eigenvalue weighted by Crippen LogP contribution is -2.50. The summed E-state index contributed by atoms with van der Waals surface area (Å²) in [6.07, 6.45) is 0.0233. The van der Waals surface area contributed by atoms with Crippen molar-refractivity contribution in [2.24, 2.45) is 0 Å². The van der Waals surface area contributed by atoms with E-state index in [4.69, 9.17) is 27.9 Å². The molecular formula is C14H16Cl2N2O3. The van der Waals surface area contributed by atoms with E-state index in [0.717, 1.165) is 0 Å². The number of amides is 1. The fraction of sp³-hybridized carbons (Fsp3) is 0.429. The molecule has 0 saturated carbocycles. The summed E-state index contributed by atoms with van der Waals surface area (Å²) < 4.78 is 5.01. The third-order valence-corrected chi connectivity index (χ3v) is 4.17. The Morgan fingerprint density at radius 3 is 2.95 bits per heavy atom. The van der Waals surface area contributed by atoms with Crippen molar-refractivity contribution in [2.45, 2.75) is 19.4 Å². The van der Waals surface area contributed by atoms with Crippen molar-refractivity contribution < 1.29 is 14.3 Å². The Hall–Kier alpha value is -1.30. The summed E-state index contributed by atoms with van der Waals surface area (Å²) in [5, 5.41) is 3.32. The van der Waals surface area contributed by atoms with Crippen LogP contribution in [0.15, 0.2) is 18.2 Å². The van der Waals surface area contributed by atoms with E-state index in [1.165, 1.54) is 0 Å². The highest BCUT2D eigenvalue weighted by molar-refractivity contribution is 6.43. The number of halogens is 2. The van der Waals surface area contributed by atoms with Crippen LogP contribution in [-0.4, -0.2) is 42.5 Å². The number of hydrogen-bond donors (Lipinski definition) is 1. The van der Waals surface area contributed by atoms with Crippen LogP contribution in [0.5, 0.6) is 0 Å². The first kappa shape index (κ1) is 16.1. The van der Waals surface area contributed by atoms with Gasteiger partial charge in [0.05, 0.1) is 22.2 Å². The van der Waals surface area contributed by atoms with Gasteiger partial charge in [-0.05, 0) is 18.7 Å². The Kier molecular flexibility index (Phi) is 5.45. The maximum Gasteiger partial charge on any atom is 0.323 e. The zero-order valence-electron chi connectivity index (χ0n) is 11.6. The zero-order chi connectivity index (χ0) is 15.4. The number of cyclic esters (lactones) is 1. The number of likely N-dealkylation sites (N-methyl/N-ethyl adjacent to an activating group) is 1. The van der Waals surface area contributed by atoms with E-state index < -0.39 is 6.04 Å². The number of anilines is 1. The van der Waals surface area contributed by atoms with Gasteiger partial charge in [0.2, 0.25) is 5.91 Å². The van der Waals surface area contributed by atoms with E-state index in [9.17, 15) is 9.59 Å². The third kappa shape index (κ3) is 3.87. The molecule has 1 aromatic rings. The SMILES string of the molecule is CCN1CCOC(=O)[C@H]1CC(=O)Nc1cccc(Cl)c1Cl. The van der Waals surface area contributed by atoms with Crippen LogP contribution in [0.25, 0.3) is 0 Å². The van der Waals surface area contributed by atoms with E-state index in [1.807, 2.05) is 11.8 Å². The number of carbonyl (C=O) groups is 2. The molecule has 1 fully saturated rings. The smallest absolute Gasteiger partial charge is 0.323 e. The van der Waals surface area contributed by atoms with Crippen molar-refractivity contribution >= 4 is 40.8 Å². The Labute approximate surface area is 133 Å². The molecule has 1 heterocycles. The molecule has 0 unspecified atom stereocenters. The first-order chi connectivity index (χ1) is 10.0. The Morgan fingerprint density at radius 1 is 1.48 bits per heavy atom. The van der Waals surface area contributed by atoms with E-state index >= 15 is 0 Å². The average molecular weight is 331 g/mol. The first-order valence-electron chi connectivity index (χ1n) is 6.67. The average Bonchev–Trinajstić information content (AvgIpc) is 2.46. The van der Waals surface area contributed by atoms with Gasteiger partial charge in [-0.3, -0.25) is 14.5 Å². The largest absolute Gasteiger partial charge is 0.463 e. The Morgan fingerprint density at radius 2 is 2.24 bits per heavy atom. The topological polar surface area (TPSA) is 58.6 Å². The lowest BCUT2D eigenvalue weighted by Gasteiger charge is -2.32. The third-order valence-electron chi connectivity index (χ3n) is 3.35. The molecule has 114 valence electrons. The van der Waals surface area contributed by atoms with Crippen LogP contribution in [-0.2, 0) is 14.3 Å². The number of hydrogen-bond acceptors (Lipinski definition) is 4. The summed E-state index contributed by atoms with van der Waals surface area (Å²) in [7, 11) is 0. The number of esters is 1. The predicted octanol–water partition coefficient (Wildman–Crippen LogP) is 2.57. The van der Waals surface area contributed by atoms with Gasteiger partial charge in [-0.2, -0.15) is 0 Å². The van der Waals surface area contributed by atoms with Gasteiger partial charge in [-0.1, -0.05) is 36.2 Å². The first-order valence-corrected chi connectivity index (χ1v) is 7.43. The van der Waals surface area contributed by atoms with Gasteiger partial charge >= 0.3 is 5.97 Å². The molecule has 7 heteroatoms.